The first-order chi connectivity index (χ1) is 8.70. The van der Waals surface area contributed by atoms with Gasteiger partial charge in [-0.2, -0.15) is 0 Å². The van der Waals surface area contributed by atoms with E-state index >= 15 is 0 Å². The van der Waals surface area contributed by atoms with Crippen LogP contribution in [0.2, 0.25) is 0 Å². The largest absolute Gasteiger partial charge is 0.465 e. The van der Waals surface area contributed by atoms with Crippen molar-refractivity contribution < 1.29 is 14.3 Å². The Labute approximate surface area is 108 Å². The second-order valence-electron chi connectivity index (χ2n) is 5.11. The van der Waals surface area contributed by atoms with Gasteiger partial charge in [-0.15, -0.1) is 0 Å². The number of carbonyl (C=O) groups is 2. The standard InChI is InChI=1S/C14H21NO3/c1-2-15-9-12(8-13(15)16)14(17)18-10-11-6-4-3-5-7-11/h3-4,11-12H,2,5-10H2,1H3. The molecule has 1 amide bonds. The average molecular weight is 251 g/mol. The zero-order valence-corrected chi connectivity index (χ0v) is 10.9. The van der Waals surface area contributed by atoms with Crippen molar-refractivity contribution in [1.82, 2.24) is 4.90 Å². The van der Waals surface area contributed by atoms with Gasteiger partial charge in [0.1, 0.15) is 0 Å². The summed E-state index contributed by atoms with van der Waals surface area (Å²) in [5.41, 5.74) is 0. The van der Waals surface area contributed by atoms with E-state index < -0.39 is 0 Å². The van der Waals surface area contributed by atoms with Crippen LogP contribution in [0.4, 0.5) is 0 Å². The SMILES string of the molecule is CCN1CC(C(=O)OCC2CC=CCC2)CC1=O. The summed E-state index contributed by atoms with van der Waals surface area (Å²) >= 11 is 0. The third kappa shape index (κ3) is 3.12. The Bertz CT molecular complexity index is 351. The Morgan fingerprint density at radius 2 is 2.33 bits per heavy atom. The summed E-state index contributed by atoms with van der Waals surface area (Å²) in [5, 5.41) is 0. The lowest BCUT2D eigenvalue weighted by molar-refractivity contribution is -0.149. The highest BCUT2D eigenvalue weighted by Gasteiger charge is 2.34. The van der Waals surface area contributed by atoms with Gasteiger partial charge in [-0.1, -0.05) is 12.2 Å². The summed E-state index contributed by atoms with van der Waals surface area (Å²) in [6, 6.07) is 0. The number of allylic oxidation sites excluding steroid dienone is 2. The Hall–Kier alpha value is -1.32. The Morgan fingerprint density at radius 3 is 2.94 bits per heavy atom. The fraction of sp³-hybridized carbons (Fsp3) is 0.714. The van der Waals surface area contributed by atoms with Crippen LogP contribution in [-0.2, 0) is 14.3 Å². The van der Waals surface area contributed by atoms with Crippen LogP contribution in [-0.4, -0.2) is 36.5 Å². The normalized spacial score (nSPS) is 27.6. The quantitative estimate of drug-likeness (QED) is 0.565. The minimum Gasteiger partial charge on any atom is -0.465 e. The molecule has 1 aliphatic carbocycles. The van der Waals surface area contributed by atoms with Gasteiger partial charge in [0.05, 0.1) is 12.5 Å². The number of hydrogen-bond donors (Lipinski definition) is 0. The van der Waals surface area contributed by atoms with E-state index in [9.17, 15) is 9.59 Å². The molecule has 4 nitrogen and oxygen atoms in total. The fourth-order valence-electron chi connectivity index (χ4n) is 2.56. The van der Waals surface area contributed by atoms with Crippen molar-refractivity contribution in [2.24, 2.45) is 11.8 Å². The van der Waals surface area contributed by atoms with Gasteiger partial charge in [0, 0.05) is 19.5 Å². The first-order valence-electron chi connectivity index (χ1n) is 6.80. The van der Waals surface area contributed by atoms with Crippen molar-refractivity contribution >= 4 is 11.9 Å². The molecule has 0 N–H and O–H groups in total. The summed E-state index contributed by atoms with van der Waals surface area (Å²) in [7, 11) is 0. The maximum atomic E-state index is 11.9. The molecule has 0 bridgehead atoms. The van der Waals surface area contributed by atoms with Crippen molar-refractivity contribution in [3.8, 4) is 0 Å². The molecule has 1 heterocycles. The van der Waals surface area contributed by atoms with Gasteiger partial charge in [-0.05, 0) is 32.1 Å². The van der Waals surface area contributed by atoms with E-state index in [2.05, 4.69) is 12.2 Å². The van der Waals surface area contributed by atoms with Crippen molar-refractivity contribution in [3.05, 3.63) is 12.2 Å². The molecule has 0 aromatic rings. The van der Waals surface area contributed by atoms with Crippen LogP contribution in [0, 0.1) is 11.8 Å². The summed E-state index contributed by atoms with van der Waals surface area (Å²) in [6.45, 7) is 3.63. The molecule has 0 radical (unpaired) electrons. The second-order valence-corrected chi connectivity index (χ2v) is 5.11. The summed E-state index contributed by atoms with van der Waals surface area (Å²) in [4.78, 5) is 25.1. The van der Waals surface area contributed by atoms with Gasteiger partial charge in [-0.3, -0.25) is 9.59 Å². The molecule has 1 aliphatic heterocycles. The molecule has 2 atom stereocenters. The zero-order valence-electron chi connectivity index (χ0n) is 10.9. The fourth-order valence-corrected chi connectivity index (χ4v) is 2.56. The summed E-state index contributed by atoms with van der Waals surface area (Å²) in [6.07, 6.45) is 7.81. The van der Waals surface area contributed by atoms with Crippen LogP contribution in [0.15, 0.2) is 12.2 Å². The molecule has 0 aromatic carbocycles. The highest BCUT2D eigenvalue weighted by molar-refractivity contribution is 5.86. The van der Waals surface area contributed by atoms with Gasteiger partial charge >= 0.3 is 5.97 Å². The number of nitrogens with zero attached hydrogens (tertiary/aromatic N) is 1. The maximum absolute atomic E-state index is 11.9. The second kappa shape index (κ2) is 6.03. The van der Waals surface area contributed by atoms with Gasteiger partial charge in [0.2, 0.25) is 5.91 Å². The highest BCUT2D eigenvalue weighted by Crippen LogP contribution is 2.21. The van der Waals surface area contributed by atoms with Crippen LogP contribution in [0.3, 0.4) is 0 Å². The van der Waals surface area contributed by atoms with Crippen LogP contribution in [0.1, 0.15) is 32.6 Å². The predicted molar refractivity (Wildman–Crippen MR) is 67.8 cm³/mol. The van der Waals surface area contributed by atoms with Crippen LogP contribution >= 0.6 is 0 Å². The smallest absolute Gasteiger partial charge is 0.311 e. The number of rotatable bonds is 4. The van der Waals surface area contributed by atoms with Gasteiger partial charge in [-0.25, -0.2) is 0 Å². The lowest BCUT2D eigenvalue weighted by atomic mass is 9.95. The molecule has 2 rings (SSSR count). The van der Waals surface area contributed by atoms with E-state index in [1.54, 1.807) is 4.90 Å². The highest BCUT2D eigenvalue weighted by atomic mass is 16.5. The third-order valence-electron chi connectivity index (χ3n) is 3.77. The van der Waals surface area contributed by atoms with Crippen LogP contribution in [0.5, 0.6) is 0 Å². The minimum atomic E-state index is -0.253. The van der Waals surface area contributed by atoms with Crippen LogP contribution < -0.4 is 0 Å². The van der Waals surface area contributed by atoms with Gasteiger partial charge < -0.3 is 9.64 Å². The number of amides is 1. The topological polar surface area (TPSA) is 46.6 Å². The number of carbonyl (C=O) groups excluding carboxylic acids is 2. The maximum Gasteiger partial charge on any atom is 0.311 e. The van der Waals surface area contributed by atoms with E-state index in [0.29, 0.717) is 32.0 Å². The van der Waals surface area contributed by atoms with E-state index in [1.165, 1.54) is 0 Å². The number of ether oxygens (including phenoxy) is 1. The minimum absolute atomic E-state index is 0.0695. The Morgan fingerprint density at radius 1 is 1.50 bits per heavy atom. The molecule has 2 aliphatic rings. The predicted octanol–water partition coefficient (Wildman–Crippen LogP) is 1.75. The molecular weight excluding hydrogens is 230 g/mol. The number of esters is 1. The van der Waals surface area contributed by atoms with Gasteiger partial charge in [0.15, 0.2) is 0 Å². The molecule has 2 unspecified atom stereocenters. The molecule has 0 aromatic heterocycles. The van der Waals surface area contributed by atoms with Crippen molar-refractivity contribution in [1.29, 1.82) is 0 Å². The molecule has 0 saturated carbocycles. The Balaban J connectivity index is 1.75. The monoisotopic (exact) mass is 251 g/mol. The molecular formula is C14H21NO3. The van der Waals surface area contributed by atoms with E-state index in [0.717, 1.165) is 19.3 Å². The third-order valence-corrected chi connectivity index (χ3v) is 3.77. The molecule has 1 fully saturated rings. The lowest BCUT2D eigenvalue weighted by Gasteiger charge is -2.18. The van der Waals surface area contributed by atoms with E-state index in [1.807, 2.05) is 6.92 Å². The summed E-state index contributed by atoms with van der Waals surface area (Å²) < 4.78 is 5.35. The van der Waals surface area contributed by atoms with Gasteiger partial charge in [0.25, 0.3) is 0 Å². The zero-order chi connectivity index (χ0) is 13.0. The first-order valence-corrected chi connectivity index (χ1v) is 6.80. The van der Waals surface area contributed by atoms with Crippen molar-refractivity contribution in [3.63, 3.8) is 0 Å². The van der Waals surface area contributed by atoms with E-state index in [4.69, 9.17) is 4.74 Å². The van der Waals surface area contributed by atoms with Crippen molar-refractivity contribution in [2.45, 2.75) is 32.6 Å². The molecule has 100 valence electrons. The van der Waals surface area contributed by atoms with Crippen molar-refractivity contribution in [2.75, 3.05) is 19.7 Å². The summed E-state index contributed by atoms with van der Waals surface area (Å²) in [5.74, 6) is 0.0730. The number of hydrogen-bond acceptors (Lipinski definition) is 3. The molecule has 1 saturated heterocycles. The molecule has 0 spiro atoms. The Kier molecular flexibility index (Phi) is 4.39. The number of likely N-dealkylation sites (tertiary alicyclic amines) is 1. The van der Waals surface area contributed by atoms with E-state index in [-0.39, 0.29) is 17.8 Å². The molecule has 18 heavy (non-hydrogen) atoms. The first kappa shape index (κ1) is 13.1. The average Bonchev–Trinajstić information content (AvgIpc) is 2.78. The van der Waals surface area contributed by atoms with Crippen LogP contribution in [0.25, 0.3) is 0 Å². The molecule has 4 heteroatoms. The lowest BCUT2D eigenvalue weighted by Crippen LogP contribution is -2.27.